The predicted molar refractivity (Wildman–Crippen MR) is 64.4 cm³/mol. The highest BCUT2D eigenvalue weighted by Gasteiger charge is 2.13. The van der Waals surface area contributed by atoms with Gasteiger partial charge < -0.3 is 4.52 Å². The molecule has 0 N–H and O–H groups in total. The first-order chi connectivity index (χ1) is 8.33. The third-order valence-electron chi connectivity index (χ3n) is 2.55. The first kappa shape index (κ1) is 11.2. The Balaban J connectivity index is 2.32. The van der Waals surface area contributed by atoms with E-state index in [2.05, 4.69) is 15.2 Å². The number of benzene rings is 1. The molecule has 0 saturated carbocycles. The summed E-state index contributed by atoms with van der Waals surface area (Å²) < 4.78 is 5.33. The molecular weight excluding hydrogens is 216 g/mol. The van der Waals surface area contributed by atoms with E-state index in [4.69, 9.17) is 10.1 Å². The van der Waals surface area contributed by atoms with E-state index in [1.54, 1.807) is 0 Å². The second-order valence-corrected chi connectivity index (χ2v) is 3.65. The molecule has 0 aliphatic rings. The van der Waals surface area contributed by atoms with Crippen molar-refractivity contribution in [3.05, 3.63) is 52.0 Å². The normalized spacial score (nSPS) is 9.94. The Morgan fingerprint density at radius 1 is 1.35 bits per heavy atom. The predicted octanol–water partition coefficient (Wildman–Crippen LogP) is 3.50. The second kappa shape index (κ2) is 5.18. The van der Waals surface area contributed by atoms with Gasteiger partial charge in [0.15, 0.2) is 5.76 Å². The number of hydrogen-bond acceptors (Lipinski definition) is 3. The van der Waals surface area contributed by atoms with Crippen molar-refractivity contribution in [3.8, 4) is 11.3 Å². The van der Waals surface area contributed by atoms with Crippen molar-refractivity contribution in [1.29, 1.82) is 0 Å². The van der Waals surface area contributed by atoms with Crippen LogP contribution in [0.4, 0.5) is 0 Å². The average molecular weight is 228 g/mol. The van der Waals surface area contributed by atoms with Gasteiger partial charge in [0.05, 0.1) is 5.69 Å². The standard InChI is InChI=1S/C12H12N4O/c1-9-11(7-8-14-16-13)12(17-15-9)10-5-3-2-4-6-10/h2-6H,7-8H2,1H3. The van der Waals surface area contributed by atoms with Gasteiger partial charge in [-0.05, 0) is 18.9 Å². The van der Waals surface area contributed by atoms with Gasteiger partial charge in [-0.15, -0.1) is 0 Å². The minimum atomic E-state index is 0.415. The van der Waals surface area contributed by atoms with Crippen LogP contribution in [0.1, 0.15) is 11.3 Å². The summed E-state index contributed by atoms with van der Waals surface area (Å²) in [6.07, 6.45) is 0.642. The van der Waals surface area contributed by atoms with Gasteiger partial charge in [-0.1, -0.05) is 40.6 Å². The zero-order valence-corrected chi connectivity index (χ0v) is 9.50. The van der Waals surface area contributed by atoms with Gasteiger partial charge in [-0.3, -0.25) is 0 Å². The summed E-state index contributed by atoms with van der Waals surface area (Å²) in [6, 6.07) is 9.79. The molecule has 0 aliphatic heterocycles. The highest BCUT2D eigenvalue weighted by atomic mass is 16.5. The topological polar surface area (TPSA) is 74.8 Å². The maximum atomic E-state index is 8.27. The Morgan fingerprint density at radius 2 is 2.12 bits per heavy atom. The van der Waals surface area contributed by atoms with Crippen LogP contribution in [0.5, 0.6) is 0 Å². The van der Waals surface area contributed by atoms with Crippen LogP contribution in [0, 0.1) is 6.92 Å². The van der Waals surface area contributed by atoms with Gasteiger partial charge in [0.1, 0.15) is 0 Å². The third-order valence-corrected chi connectivity index (χ3v) is 2.55. The molecular formula is C12H12N4O. The second-order valence-electron chi connectivity index (χ2n) is 3.65. The first-order valence-electron chi connectivity index (χ1n) is 5.34. The van der Waals surface area contributed by atoms with Crippen molar-refractivity contribution >= 4 is 0 Å². The molecule has 0 radical (unpaired) electrons. The molecule has 5 heteroatoms. The highest BCUT2D eigenvalue weighted by Crippen LogP contribution is 2.26. The van der Waals surface area contributed by atoms with Gasteiger partial charge in [-0.2, -0.15) is 0 Å². The van der Waals surface area contributed by atoms with E-state index in [0.29, 0.717) is 13.0 Å². The maximum absolute atomic E-state index is 8.27. The lowest BCUT2D eigenvalue weighted by Gasteiger charge is -1.99. The summed E-state index contributed by atoms with van der Waals surface area (Å²) >= 11 is 0. The zero-order valence-electron chi connectivity index (χ0n) is 9.50. The number of azide groups is 1. The molecule has 1 aromatic heterocycles. The van der Waals surface area contributed by atoms with E-state index >= 15 is 0 Å². The lowest BCUT2D eigenvalue weighted by molar-refractivity contribution is 0.426. The smallest absolute Gasteiger partial charge is 0.170 e. The molecule has 1 heterocycles. The van der Waals surface area contributed by atoms with Gasteiger partial charge in [0.25, 0.3) is 0 Å². The van der Waals surface area contributed by atoms with Gasteiger partial charge >= 0.3 is 0 Å². The van der Waals surface area contributed by atoms with Crippen molar-refractivity contribution in [2.24, 2.45) is 5.11 Å². The summed E-state index contributed by atoms with van der Waals surface area (Å²) in [5.74, 6) is 0.760. The number of rotatable bonds is 4. The lowest BCUT2D eigenvalue weighted by atomic mass is 10.0. The molecule has 0 atom stereocenters. The molecule has 0 fully saturated rings. The quantitative estimate of drug-likeness (QED) is 0.456. The Labute approximate surface area is 98.7 Å². The molecule has 2 aromatic rings. The molecule has 0 saturated heterocycles. The Bertz CT molecular complexity index is 541. The molecule has 0 unspecified atom stereocenters. The molecule has 2 rings (SSSR count). The summed E-state index contributed by atoms with van der Waals surface area (Å²) in [4.78, 5) is 2.74. The van der Waals surface area contributed by atoms with Gasteiger partial charge in [0, 0.05) is 22.6 Å². The maximum Gasteiger partial charge on any atom is 0.170 e. The minimum Gasteiger partial charge on any atom is -0.356 e. The number of aromatic nitrogens is 1. The van der Waals surface area contributed by atoms with Crippen LogP contribution in [0.15, 0.2) is 40.0 Å². The Kier molecular flexibility index (Phi) is 3.43. The highest BCUT2D eigenvalue weighted by molar-refractivity contribution is 5.61. The van der Waals surface area contributed by atoms with E-state index in [-0.39, 0.29) is 0 Å². The minimum absolute atomic E-state index is 0.415. The summed E-state index contributed by atoms with van der Waals surface area (Å²) in [6.45, 7) is 2.31. The van der Waals surface area contributed by atoms with Crippen molar-refractivity contribution in [3.63, 3.8) is 0 Å². The number of hydrogen-bond donors (Lipinski definition) is 0. The first-order valence-corrected chi connectivity index (χ1v) is 5.34. The average Bonchev–Trinajstić information content (AvgIpc) is 2.73. The van der Waals surface area contributed by atoms with Crippen molar-refractivity contribution in [2.75, 3.05) is 6.54 Å². The molecule has 17 heavy (non-hydrogen) atoms. The molecule has 0 amide bonds. The Morgan fingerprint density at radius 3 is 2.82 bits per heavy atom. The molecule has 0 spiro atoms. The van der Waals surface area contributed by atoms with Crippen LogP contribution in [-0.4, -0.2) is 11.7 Å². The van der Waals surface area contributed by atoms with Crippen molar-refractivity contribution < 1.29 is 4.52 Å². The number of aryl methyl sites for hydroxylation is 1. The number of nitrogens with zero attached hydrogens (tertiary/aromatic N) is 4. The largest absolute Gasteiger partial charge is 0.356 e. The summed E-state index contributed by atoms with van der Waals surface area (Å²) in [5.41, 5.74) is 11.1. The SMILES string of the molecule is Cc1noc(-c2ccccc2)c1CCN=[N+]=[N-]. The molecule has 1 aromatic carbocycles. The lowest BCUT2D eigenvalue weighted by Crippen LogP contribution is -1.92. The monoisotopic (exact) mass is 228 g/mol. The zero-order chi connectivity index (χ0) is 12.1. The summed E-state index contributed by atoms with van der Waals surface area (Å²) in [5, 5.41) is 7.50. The van der Waals surface area contributed by atoms with Crippen molar-refractivity contribution in [1.82, 2.24) is 5.16 Å². The molecule has 0 aliphatic carbocycles. The fourth-order valence-corrected chi connectivity index (χ4v) is 1.71. The molecule has 86 valence electrons. The van der Waals surface area contributed by atoms with Crippen LogP contribution in [-0.2, 0) is 6.42 Å². The van der Waals surface area contributed by atoms with E-state index in [1.165, 1.54) is 0 Å². The van der Waals surface area contributed by atoms with Crippen LogP contribution < -0.4 is 0 Å². The van der Waals surface area contributed by atoms with Crippen LogP contribution in [0.3, 0.4) is 0 Å². The van der Waals surface area contributed by atoms with E-state index < -0.39 is 0 Å². The van der Waals surface area contributed by atoms with E-state index in [9.17, 15) is 0 Å². The fraction of sp³-hybridized carbons (Fsp3) is 0.250. The van der Waals surface area contributed by atoms with Crippen LogP contribution in [0.2, 0.25) is 0 Å². The fourth-order valence-electron chi connectivity index (χ4n) is 1.71. The van der Waals surface area contributed by atoms with Crippen LogP contribution >= 0.6 is 0 Å². The molecule has 0 bridgehead atoms. The van der Waals surface area contributed by atoms with Gasteiger partial charge in [0.2, 0.25) is 0 Å². The third kappa shape index (κ3) is 2.46. The van der Waals surface area contributed by atoms with Crippen LogP contribution in [0.25, 0.3) is 21.8 Å². The van der Waals surface area contributed by atoms with Gasteiger partial charge in [-0.25, -0.2) is 0 Å². The van der Waals surface area contributed by atoms with Crippen molar-refractivity contribution in [2.45, 2.75) is 13.3 Å². The Hall–Kier alpha value is -2.26. The summed E-state index contributed by atoms with van der Waals surface area (Å²) in [7, 11) is 0. The van der Waals surface area contributed by atoms with E-state index in [1.807, 2.05) is 37.3 Å². The molecule has 5 nitrogen and oxygen atoms in total. The van der Waals surface area contributed by atoms with E-state index in [0.717, 1.165) is 22.6 Å².